The number of aromatic nitrogens is 2. The topological polar surface area (TPSA) is 54.2 Å². The Kier molecular flexibility index (Phi) is 4.74. The van der Waals surface area contributed by atoms with Crippen molar-refractivity contribution < 1.29 is 4.52 Å². The lowest BCUT2D eigenvalue weighted by Crippen LogP contribution is -2.21. The minimum absolute atomic E-state index is 0.305. The number of benzene rings is 1. The maximum Gasteiger partial charge on any atom is 0.223 e. The molecule has 2 rings (SSSR count). The monoisotopic (exact) mass is 274 g/mol. The second-order valence-electron chi connectivity index (χ2n) is 5.14. The van der Waals surface area contributed by atoms with Crippen LogP contribution in [0.15, 0.2) is 28.8 Å². The van der Waals surface area contributed by atoms with E-state index in [2.05, 4.69) is 51.5 Å². The van der Waals surface area contributed by atoms with E-state index >= 15 is 0 Å². The van der Waals surface area contributed by atoms with Crippen molar-refractivity contribution in [2.45, 2.75) is 26.3 Å². The highest BCUT2D eigenvalue weighted by Gasteiger charge is 2.07. The van der Waals surface area contributed by atoms with Crippen molar-refractivity contribution in [2.24, 2.45) is 0 Å². The fourth-order valence-corrected chi connectivity index (χ4v) is 2.02. The molecule has 5 heteroatoms. The first-order valence-electron chi connectivity index (χ1n) is 6.86. The van der Waals surface area contributed by atoms with Gasteiger partial charge in [-0.2, -0.15) is 4.98 Å². The van der Waals surface area contributed by atoms with Crippen LogP contribution in [0.1, 0.15) is 30.2 Å². The highest BCUT2D eigenvalue weighted by Crippen LogP contribution is 2.17. The molecule has 1 heterocycles. The Bertz CT molecular complexity index is 533. The van der Waals surface area contributed by atoms with E-state index in [0.717, 1.165) is 18.8 Å². The maximum absolute atomic E-state index is 4.95. The van der Waals surface area contributed by atoms with Crippen molar-refractivity contribution in [1.82, 2.24) is 15.5 Å². The van der Waals surface area contributed by atoms with Gasteiger partial charge in [0.05, 0.1) is 0 Å². The van der Waals surface area contributed by atoms with E-state index in [1.807, 2.05) is 14.1 Å². The van der Waals surface area contributed by atoms with Gasteiger partial charge in [0.25, 0.3) is 0 Å². The fourth-order valence-electron chi connectivity index (χ4n) is 2.02. The Labute approximate surface area is 120 Å². The molecule has 0 saturated carbocycles. The van der Waals surface area contributed by atoms with E-state index in [4.69, 9.17) is 4.52 Å². The number of hydrogen-bond donors (Lipinski definition) is 1. The molecule has 1 N–H and O–H groups in total. The van der Waals surface area contributed by atoms with Crippen LogP contribution in [-0.4, -0.2) is 30.8 Å². The van der Waals surface area contributed by atoms with Crippen LogP contribution in [-0.2, 0) is 6.42 Å². The zero-order valence-corrected chi connectivity index (χ0v) is 12.6. The van der Waals surface area contributed by atoms with Gasteiger partial charge in [-0.05, 0) is 24.6 Å². The molecule has 0 aliphatic heterocycles. The van der Waals surface area contributed by atoms with Crippen molar-refractivity contribution in [3.63, 3.8) is 0 Å². The smallest absolute Gasteiger partial charge is 0.223 e. The lowest BCUT2D eigenvalue weighted by molar-refractivity contribution is 0.386. The quantitative estimate of drug-likeness (QED) is 0.876. The summed E-state index contributed by atoms with van der Waals surface area (Å²) in [6.07, 6.45) is 0.775. The number of hydrogen-bond acceptors (Lipinski definition) is 5. The second kappa shape index (κ2) is 6.52. The van der Waals surface area contributed by atoms with Gasteiger partial charge in [-0.25, -0.2) is 0 Å². The lowest BCUT2D eigenvalue weighted by Gasteiger charge is -2.16. The Morgan fingerprint density at radius 3 is 2.50 bits per heavy atom. The third-order valence-electron chi connectivity index (χ3n) is 3.28. The lowest BCUT2D eigenvalue weighted by atomic mass is 10.1. The molecule has 0 radical (unpaired) electrons. The van der Waals surface area contributed by atoms with Crippen LogP contribution in [0.5, 0.6) is 0 Å². The summed E-state index contributed by atoms with van der Waals surface area (Å²) >= 11 is 0. The molecule has 0 aliphatic carbocycles. The summed E-state index contributed by atoms with van der Waals surface area (Å²) in [5, 5.41) is 7.35. The number of anilines is 1. The summed E-state index contributed by atoms with van der Waals surface area (Å²) in [5.74, 6) is 1.37. The van der Waals surface area contributed by atoms with Crippen LogP contribution in [0.25, 0.3) is 0 Å². The Morgan fingerprint density at radius 1 is 1.25 bits per heavy atom. The van der Waals surface area contributed by atoms with Gasteiger partial charge in [-0.3, -0.25) is 0 Å². The summed E-state index contributed by atoms with van der Waals surface area (Å²) < 4.78 is 4.95. The van der Waals surface area contributed by atoms with Gasteiger partial charge >= 0.3 is 0 Å². The van der Waals surface area contributed by atoms with Crippen LogP contribution in [0, 0.1) is 6.92 Å². The molecule has 0 bridgehead atoms. The van der Waals surface area contributed by atoms with Crippen molar-refractivity contribution in [3.05, 3.63) is 41.5 Å². The van der Waals surface area contributed by atoms with Crippen molar-refractivity contribution in [2.75, 3.05) is 25.5 Å². The molecule has 5 nitrogen and oxygen atoms in total. The van der Waals surface area contributed by atoms with Gasteiger partial charge in [0.15, 0.2) is 5.82 Å². The number of nitrogens with one attached hydrogen (secondary N) is 1. The Hall–Kier alpha value is -1.88. The minimum atomic E-state index is 0.305. The molecule has 0 saturated heterocycles. The molecule has 0 aliphatic rings. The Balaban J connectivity index is 1.83. The van der Waals surface area contributed by atoms with Crippen LogP contribution in [0.2, 0.25) is 0 Å². The van der Waals surface area contributed by atoms with E-state index in [1.54, 1.807) is 6.92 Å². The first-order valence-corrected chi connectivity index (χ1v) is 6.86. The molecular weight excluding hydrogens is 252 g/mol. The molecule has 1 aromatic heterocycles. The van der Waals surface area contributed by atoms with Crippen molar-refractivity contribution in [1.29, 1.82) is 0 Å². The number of rotatable bonds is 6. The molecule has 108 valence electrons. The first kappa shape index (κ1) is 14.5. The predicted molar refractivity (Wildman–Crippen MR) is 79.9 cm³/mol. The molecule has 1 atom stereocenters. The van der Waals surface area contributed by atoms with Crippen LogP contribution in [0.3, 0.4) is 0 Å². The molecule has 20 heavy (non-hydrogen) atoms. The molecule has 0 spiro atoms. The molecule has 1 unspecified atom stereocenters. The number of nitrogens with zero attached hydrogens (tertiary/aromatic N) is 3. The van der Waals surface area contributed by atoms with E-state index in [1.165, 1.54) is 11.3 Å². The van der Waals surface area contributed by atoms with Crippen LogP contribution in [0.4, 0.5) is 5.69 Å². The zero-order valence-electron chi connectivity index (χ0n) is 12.6. The highest BCUT2D eigenvalue weighted by molar-refractivity contribution is 5.46. The van der Waals surface area contributed by atoms with E-state index in [0.29, 0.717) is 11.9 Å². The Morgan fingerprint density at radius 2 is 1.95 bits per heavy atom. The summed E-state index contributed by atoms with van der Waals surface area (Å²) in [7, 11) is 4.09. The summed E-state index contributed by atoms with van der Waals surface area (Å²) in [6, 6.07) is 8.89. The van der Waals surface area contributed by atoms with Gasteiger partial charge in [0.2, 0.25) is 5.89 Å². The largest absolute Gasteiger partial charge is 0.378 e. The maximum atomic E-state index is 4.95. The van der Waals surface area contributed by atoms with Gasteiger partial charge in [0, 0.05) is 45.7 Å². The van der Waals surface area contributed by atoms with Gasteiger partial charge < -0.3 is 14.7 Å². The summed E-state index contributed by atoms with van der Waals surface area (Å²) in [5.41, 5.74) is 2.49. The summed E-state index contributed by atoms with van der Waals surface area (Å²) in [6.45, 7) is 4.79. The molecule has 2 aromatic rings. The standard InChI is InChI=1S/C15H22N4O/c1-11(13-5-7-14(8-6-13)19(3)4)16-10-9-15-17-12(2)20-18-15/h5-8,11,16H,9-10H2,1-4H3. The molecule has 0 fully saturated rings. The first-order chi connectivity index (χ1) is 9.56. The molecular formula is C15H22N4O. The third kappa shape index (κ3) is 3.81. The van der Waals surface area contributed by atoms with Gasteiger partial charge in [-0.1, -0.05) is 17.3 Å². The molecule has 0 amide bonds. The average molecular weight is 274 g/mol. The SMILES string of the molecule is Cc1nc(CCNC(C)c2ccc(N(C)C)cc2)no1. The van der Waals surface area contributed by atoms with Crippen LogP contribution < -0.4 is 10.2 Å². The summed E-state index contributed by atoms with van der Waals surface area (Å²) in [4.78, 5) is 6.29. The third-order valence-corrected chi connectivity index (χ3v) is 3.28. The number of aryl methyl sites for hydroxylation is 1. The normalized spacial score (nSPS) is 12.4. The second-order valence-corrected chi connectivity index (χ2v) is 5.14. The zero-order chi connectivity index (χ0) is 14.5. The van der Waals surface area contributed by atoms with E-state index in [-0.39, 0.29) is 0 Å². The molecule has 1 aromatic carbocycles. The van der Waals surface area contributed by atoms with E-state index in [9.17, 15) is 0 Å². The van der Waals surface area contributed by atoms with Crippen LogP contribution >= 0.6 is 0 Å². The predicted octanol–water partition coefficient (Wildman–Crippen LogP) is 2.34. The van der Waals surface area contributed by atoms with Crippen molar-refractivity contribution >= 4 is 5.69 Å². The van der Waals surface area contributed by atoms with Gasteiger partial charge in [-0.15, -0.1) is 0 Å². The minimum Gasteiger partial charge on any atom is -0.378 e. The van der Waals surface area contributed by atoms with E-state index < -0.39 is 0 Å². The van der Waals surface area contributed by atoms with Gasteiger partial charge in [0.1, 0.15) is 0 Å². The average Bonchev–Trinajstić information content (AvgIpc) is 2.84. The highest BCUT2D eigenvalue weighted by atomic mass is 16.5. The van der Waals surface area contributed by atoms with Crippen molar-refractivity contribution in [3.8, 4) is 0 Å². The fraction of sp³-hybridized carbons (Fsp3) is 0.467.